The third-order valence-electron chi connectivity index (χ3n) is 10.9. The number of hydrogen-bond acceptors (Lipinski definition) is 6. The van der Waals surface area contributed by atoms with Crippen molar-refractivity contribution in [2.45, 2.75) is 124 Å². The fourth-order valence-corrected chi connectivity index (χ4v) is 7.84. The lowest BCUT2D eigenvalue weighted by atomic mass is 9.84. The van der Waals surface area contributed by atoms with Gasteiger partial charge in [0.15, 0.2) is 0 Å². The number of carbonyl (C=O) groups is 4. The Morgan fingerprint density at radius 3 is 2.12 bits per heavy atom. The molecule has 0 aromatic heterocycles. The summed E-state index contributed by atoms with van der Waals surface area (Å²) in [6, 6.07) is 8.83. The second-order valence-corrected chi connectivity index (χ2v) is 16.4. The van der Waals surface area contributed by atoms with Crippen molar-refractivity contribution in [3.8, 4) is 0 Å². The van der Waals surface area contributed by atoms with Crippen LogP contribution in [0.15, 0.2) is 42.0 Å². The van der Waals surface area contributed by atoms with Gasteiger partial charge in [0.2, 0.25) is 23.6 Å². The largest absolute Gasteiger partial charge is 0.342 e. The molecule has 1 unspecified atom stereocenters. The topological polar surface area (TPSA) is 96.5 Å². The predicted molar refractivity (Wildman–Crippen MR) is 199 cm³/mol. The first kappa shape index (κ1) is 39.5. The molecule has 3 heterocycles. The fraction of sp³-hybridized carbons (Fsp3) is 0.700. The molecule has 3 aliphatic rings. The summed E-state index contributed by atoms with van der Waals surface area (Å²) in [6.07, 6.45) is 6.20. The molecular formula is C40H64N6O4. The van der Waals surface area contributed by atoms with Crippen molar-refractivity contribution in [2.24, 2.45) is 11.3 Å². The molecule has 3 fully saturated rings. The fourth-order valence-electron chi connectivity index (χ4n) is 7.84. The van der Waals surface area contributed by atoms with Crippen LogP contribution in [0.3, 0.4) is 0 Å². The number of rotatable bonds is 11. The number of hydrogen-bond donors (Lipinski definition) is 1. The van der Waals surface area contributed by atoms with Crippen molar-refractivity contribution in [2.75, 3.05) is 46.3 Å². The van der Waals surface area contributed by atoms with Crippen LogP contribution in [0.25, 0.3) is 0 Å². The Morgan fingerprint density at radius 1 is 0.880 bits per heavy atom. The molecule has 0 saturated carbocycles. The molecule has 1 aromatic carbocycles. The number of likely N-dealkylation sites (tertiary alicyclic amines) is 2. The number of piperazine rings is 1. The third-order valence-corrected chi connectivity index (χ3v) is 10.9. The van der Waals surface area contributed by atoms with Gasteiger partial charge in [0.1, 0.15) is 12.1 Å². The molecule has 0 spiro atoms. The van der Waals surface area contributed by atoms with Crippen LogP contribution in [0.4, 0.5) is 0 Å². The molecule has 50 heavy (non-hydrogen) atoms. The maximum atomic E-state index is 14.2. The highest BCUT2D eigenvalue weighted by atomic mass is 16.2. The van der Waals surface area contributed by atoms with Crippen molar-refractivity contribution in [1.82, 2.24) is 29.8 Å². The van der Waals surface area contributed by atoms with Crippen LogP contribution >= 0.6 is 0 Å². The monoisotopic (exact) mass is 692 g/mol. The zero-order valence-electron chi connectivity index (χ0n) is 32.3. The normalized spacial score (nSPS) is 22.5. The summed E-state index contributed by atoms with van der Waals surface area (Å²) in [5, 5.41) is 3.16. The van der Waals surface area contributed by atoms with Gasteiger partial charge in [0.25, 0.3) is 0 Å². The summed E-state index contributed by atoms with van der Waals surface area (Å²) in [5.41, 5.74) is 1.28. The summed E-state index contributed by atoms with van der Waals surface area (Å²) in [4.78, 5) is 65.6. The lowest BCUT2D eigenvalue weighted by molar-refractivity contribution is -0.143. The van der Waals surface area contributed by atoms with Gasteiger partial charge in [-0.05, 0) is 69.9 Å². The van der Waals surface area contributed by atoms with E-state index in [0.717, 1.165) is 51.9 Å². The van der Waals surface area contributed by atoms with E-state index in [-0.39, 0.29) is 47.7 Å². The van der Waals surface area contributed by atoms with Crippen molar-refractivity contribution in [3.63, 3.8) is 0 Å². The molecule has 1 aromatic rings. The van der Waals surface area contributed by atoms with Crippen molar-refractivity contribution in [3.05, 3.63) is 47.5 Å². The highest BCUT2D eigenvalue weighted by Crippen LogP contribution is 2.27. The predicted octanol–water partition coefficient (Wildman–Crippen LogP) is 4.54. The van der Waals surface area contributed by atoms with Crippen molar-refractivity contribution < 1.29 is 19.2 Å². The van der Waals surface area contributed by atoms with E-state index in [1.165, 1.54) is 5.56 Å². The molecule has 3 saturated heterocycles. The Balaban J connectivity index is 1.42. The maximum absolute atomic E-state index is 14.2. The quantitative estimate of drug-likeness (QED) is 0.342. The van der Waals surface area contributed by atoms with E-state index in [9.17, 15) is 19.2 Å². The Kier molecular flexibility index (Phi) is 13.7. The number of nitrogens with zero attached hydrogens (tertiary/aromatic N) is 5. The second kappa shape index (κ2) is 17.3. The first-order valence-electron chi connectivity index (χ1n) is 19.0. The van der Waals surface area contributed by atoms with Crippen LogP contribution in [-0.2, 0) is 25.7 Å². The smallest absolute Gasteiger partial charge is 0.249 e. The van der Waals surface area contributed by atoms with E-state index in [1.807, 2.05) is 51.7 Å². The molecule has 3 aliphatic heterocycles. The van der Waals surface area contributed by atoms with Crippen LogP contribution in [-0.4, -0.2) is 125 Å². The van der Waals surface area contributed by atoms with Crippen LogP contribution in [0.2, 0.25) is 0 Å². The SMILES string of the molecule is CC(=CC(C(C)C)N(C)C(=O)[C@@H](NC(=O)[C@H]1CCCCN1C(C)C)C(C)(C)C)C(=O)N1CCC[C@H]1C(=O)N1CCN(Cc2ccccc2)CC1. The summed E-state index contributed by atoms with van der Waals surface area (Å²) in [7, 11) is 1.77. The van der Waals surface area contributed by atoms with E-state index >= 15 is 0 Å². The number of piperidine rings is 1. The summed E-state index contributed by atoms with van der Waals surface area (Å²) >= 11 is 0. The van der Waals surface area contributed by atoms with E-state index in [4.69, 9.17) is 0 Å². The maximum Gasteiger partial charge on any atom is 0.249 e. The van der Waals surface area contributed by atoms with Gasteiger partial charge < -0.3 is 20.0 Å². The molecule has 0 radical (unpaired) electrons. The summed E-state index contributed by atoms with van der Waals surface area (Å²) in [6.45, 7) is 21.3. The minimum absolute atomic E-state index is 0.0148. The highest BCUT2D eigenvalue weighted by Gasteiger charge is 2.41. The van der Waals surface area contributed by atoms with Gasteiger partial charge in [0.05, 0.1) is 12.1 Å². The van der Waals surface area contributed by atoms with Gasteiger partial charge in [-0.3, -0.25) is 29.0 Å². The number of likely N-dealkylation sites (N-methyl/N-ethyl adjacent to an activating group) is 1. The van der Waals surface area contributed by atoms with E-state index in [1.54, 1.807) is 23.8 Å². The van der Waals surface area contributed by atoms with Crippen molar-refractivity contribution in [1.29, 1.82) is 0 Å². The number of nitrogens with one attached hydrogen (secondary N) is 1. The number of benzene rings is 1. The molecule has 10 heteroatoms. The second-order valence-electron chi connectivity index (χ2n) is 16.4. The van der Waals surface area contributed by atoms with Gasteiger partial charge in [-0.1, -0.05) is 77.4 Å². The minimum atomic E-state index is -0.727. The van der Waals surface area contributed by atoms with Gasteiger partial charge in [-0.2, -0.15) is 0 Å². The Morgan fingerprint density at radius 2 is 1.52 bits per heavy atom. The number of amides is 4. The van der Waals surface area contributed by atoms with Crippen LogP contribution in [0.5, 0.6) is 0 Å². The van der Waals surface area contributed by atoms with E-state index in [0.29, 0.717) is 31.6 Å². The molecule has 278 valence electrons. The zero-order valence-corrected chi connectivity index (χ0v) is 32.3. The van der Waals surface area contributed by atoms with Gasteiger partial charge >= 0.3 is 0 Å². The lowest BCUT2D eigenvalue weighted by Crippen LogP contribution is -2.60. The van der Waals surface area contributed by atoms with E-state index in [2.05, 4.69) is 53.2 Å². The molecule has 4 atom stereocenters. The molecule has 10 nitrogen and oxygen atoms in total. The Labute approximate surface area is 301 Å². The van der Waals surface area contributed by atoms with Gasteiger partial charge in [-0.25, -0.2) is 0 Å². The molecule has 0 aliphatic carbocycles. The molecule has 0 bridgehead atoms. The molecule has 4 amide bonds. The van der Waals surface area contributed by atoms with Crippen LogP contribution in [0.1, 0.15) is 93.1 Å². The summed E-state index contributed by atoms with van der Waals surface area (Å²) in [5.74, 6) is -0.365. The Hall–Kier alpha value is -3.24. The lowest BCUT2D eigenvalue weighted by Gasteiger charge is -2.41. The van der Waals surface area contributed by atoms with Crippen molar-refractivity contribution >= 4 is 23.6 Å². The first-order chi connectivity index (χ1) is 23.6. The third kappa shape index (κ3) is 9.75. The van der Waals surface area contributed by atoms with Crippen LogP contribution < -0.4 is 5.32 Å². The zero-order chi connectivity index (χ0) is 36.7. The average Bonchev–Trinajstić information content (AvgIpc) is 3.58. The average molecular weight is 693 g/mol. The molecular weight excluding hydrogens is 628 g/mol. The minimum Gasteiger partial charge on any atom is -0.342 e. The summed E-state index contributed by atoms with van der Waals surface area (Å²) < 4.78 is 0. The van der Waals surface area contributed by atoms with Gasteiger partial charge in [-0.15, -0.1) is 0 Å². The molecule has 1 N–H and O–H groups in total. The first-order valence-corrected chi connectivity index (χ1v) is 19.0. The Bertz CT molecular complexity index is 1350. The van der Waals surface area contributed by atoms with E-state index < -0.39 is 17.5 Å². The number of carbonyl (C=O) groups excluding carboxylic acids is 4. The van der Waals surface area contributed by atoms with Crippen LogP contribution in [0, 0.1) is 11.3 Å². The van der Waals surface area contributed by atoms with Gasteiger partial charge in [0, 0.05) is 57.9 Å². The molecule has 4 rings (SSSR count). The standard InChI is InChI=1S/C40H64N6O4/c1-28(2)34(42(9)39(50)35(40(6,7)8)41-36(47)32-18-13-14-20-45(32)29(3)4)26-30(5)37(48)46-21-15-19-33(46)38(49)44-24-22-43(23-25-44)27-31-16-11-10-12-17-31/h10-12,16-17,26,28-29,32-35H,13-15,18-25,27H2,1-9H3,(H,41,47)/t32-,33+,34?,35-/m1/s1. The highest BCUT2D eigenvalue weighted by molar-refractivity contribution is 5.97.